The lowest BCUT2D eigenvalue weighted by Gasteiger charge is -2.37. The molecule has 2 aliphatic heterocycles. The fraction of sp³-hybridized carbons (Fsp3) is 0.542. The number of aromatic nitrogens is 1. The number of hydrogen-bond acceptors (Lipinski definition) is 5. The second-order valence-electron chi connectivity index (χ2n) is 8.50. The van der Waals surface area contributed by atoms with E-state index in [2.05, 4.69) is 17.1 Å². The maximum atomic E-state index is 13.3. The fourth-order valence-electron chi connectivity index (χ4n) is 4.58. The maximum absolute atomic E-state index is 13.3. The molecular weight excluding hydrogens is 410 g/mol. The number of piperidine rings is 1. The zero-order valence-electron chi connectivity index (χ0n) is 18.4. The minimum absolute atomic E-state index is 0.0590. The van der Waals surface area contributed by atoms with Crippen molar-refractivity contribution in [3.8, 4) is 5.75 Å². The van der Waals surface area contributed by atoms with Gasteiger partial charge in [0.1, 0.15) is 17.2 Å². The van der Waals surface area contributed by atoms with Crippen molar-refractivity contribution in [3.05, 3.63) is 45.4 Å². The number of carbonyl (C=O) groups is 2. The Hall–Kier alpha value is -2.41. The topological polar surface area (TPSA) is 62.7 Å². The van der Waals surface area contributed by atoms with E-state index in [9.17, 15) is 9.59 Å². The molecule has 1 unspecified atom stereocenters. The molecule has 1 saturated heterocycles. The minimum Gasteiger partial charge on any atom is -0.494 e. The van der Waals surface area contributed by atoms with Crippen LogP contribution < -0.4 is 4.74 Å². The molecule has 31 heavy (non-hydrogen) atoms. The van der Waals surface area contributed by atoms with Crippen LogP contribution in [0.5, 0.6) is 5.75 Å². The number of benzene rings is 1. The van der Waals surface area contributed by atoms with Gasteiger partial charge in [-0.05, 0) is 70.1 Å². The third-order valence-corrected chi connectivity index (χ3v) is 7.23. The lowest BCUT2D eigenvalue weighted by Crippen LogP contribution is -2.49. The summed E-state index contributed by atoms with van der Waals surface area (Å²) in [6, 6.07) is 8.49. The molecule has 2 bridgehead atoms. The van der Waals surface area contributed by atoms with E-state index in [4.69, 9.17) is 4.74 Å². The van der Waals surface area contributed by atoms with Gasteiger partial charge in [-0.1, -0.05) is 12.1 Å². The van der Waals surface area contributed by atoms with Crippen LogP contribution in [0.4, 0.5) is 0 Å². The Morgan fingerprint density at radius 1 is 1.16 bits per heavy atom. The molecule has 2 aliphatic rings. The van der Waals surface area contributed by atoms with Gasteiger partial charge < -0.3 is 14.5 Å². The van der Waals surface area contributed by atoms with Crippen molar-refractivity contribution < 1.29 is 14.3 Å². The average Bonchev–Trinajstić information content (AvgIpc) is 3.11. The molecule has 166 valence electrons. The van der Waals surface area contributed by atoms with E-state index in [1.807, 2.05) is 30.9 Å². The van der Waals surface area contributed by atoms with Gasteiger partial charge in [-0.2, -0.15) is 0 Å². The number of fused-ring (bicyclic) bond motifs is 3. The summed E-state index contributed by atoms with van der Waals surface area (Å²) in [6.45, 7) is 5.67. The van der Waals surface area contributed by atoms with E-state index >= 15 is 0 Å². The third kappa shape index (κ3) is 5.26. The van der Waals surface area contributed by atoms with Gasteiger partial charge in [-0.3, -0.25) is 9.59 Å². The van der Waals surface area contributed by atoms with Gasteiger partial charge in [-0.25, -0.2) is 4.98 Å². The van der Waals surface area contributed by atoms with E-state index in [1.54, 1.807) is 4.90 Å². The van der Waals surface area contributed by atoms with Gasteiger partial charge in [-0.15, -0.1) is 11.3 Å². The number of rotatable bonds is 1. The molecule has 1 fully saturated rings. The molecule has 0 aliphatic carbocycles. The SMILES string of the molecule is Cc1nc(C)c(C(=O)N2CCCOc3cccc(c3)CCC3CCCCN3C(=O)C2)s1. The fourth-order valence-corrected chi connectivity index (χ4v) is 5.47. The number of nitrogens with zero attached hydrogens (tertiary/aromatic N) is 3. The number of amides is 2. The summed E-state index contributed by atoms with van der Waals surface area (Å²) in [6.07, 6.45) is 5.75. The average molecular weight is 442 g/mol. The number of hydrogen-bond donors (Lipinski definition) is 0. The Kier molecular flexibility index (Phi) is 6.90. The molecule has 1 aromatic heterocycles. The molecule has 0 saturated carbocycles. The number of carbonyl (C=O) groups excluding carboxylic acids is 2. The summed E-state index contributed by atoms with van der Waals surface area (Å²) < 4.78 is 5.94. The number of ether oxygens (including phenoxy) is 1. The second kappa shape index (κ2) is 9.81. The highest BCUT2D eigenvalue weighted by Gasteiger charge is 2.30. The molecule has 2 aromatic rings. The first-order valence-electron chi connectivity index (χ1n) is 11.3. The van der Waals surface area contributed by atoms with Crippen LogP contribution in [0.2, 0.25) is 0 Å². The predicted molar refractivity (Wildman–Crippen MR) is 122 cm³/mol. The lowest BCUT2D eigenvalue weighted by atomic mass is 9.95. The van der Waals surface area contributed by atoms with Crippen LogP contribution in [0.15, 0.2) is 24.3 Å². The maximum Gasteiger partial charge on any atom is 0.266 e. The number of thiazole rings is 1. The Labute approximate surface area is 188 Å². The standard InChI is InChI=1S/C24H31N3O3S/c1-17-23(31-18(2)25-17)24(29)26-12-6-14-30-21-9-5-7-19(15-21)10-11-20-8-3-4-13-27(20)22(28)16-26/h5,7,9,15,20H,3-4,6,8,10-14,16H2,1-2H3. The van der Waals surface area contributed by atoms with Gasteiger partial charge in [0.25, 0.3) is 5.91 Å². The van der Waals surface area contributed by atoms with E-state index in [-0.39, 0.29) is 24.4 Å². The highest BCUT2D eigenvalue weighted by molar-refractivity contribution is 7.13. The normalized spacial score (nSPS) is 20.6. The highest BCUT2D eigenvalue weighted by Crippen LogP contribution is 2.25. The molecular formula is C24H31N3O3S. The molecule has 1 atom stereocenters. The Bertz CT molecular complexity index is 942. The van der Waals surface area contributed by atoms with Crippen LogP contribution in [0.25, 0.3) is 0 Å². The van der Waals surface area contributed by atoms with Crippen molar-refractivity contribution >= 4 is 23.2 Å². The van der Waals surface area contributed by atoms with E-state index in [0.717, 1.165) is 55.1 Å². The molecule has 3 heterocycles. The summed E-state index contributed by atoms with van der Waals surface area (Å²) in [7, 11) is 0. The van der Waals surface area contributed by atoms with Gasteiger partial charge in [0.15, 0.2) is 0 Å². The van der Waals surface area contributed by atoms with Crippen LogP contribution in [0.3, 0.4) is 0 Å². The predicted octanol–water partition coefficient (Wildman–Crippen LogP) is 4.00. The Balaban J connectivity index is 1.58. The summed E-state index contributed by atoms with van der Waals surface area (Å²) in [5, 5.41) is 0.869. The molecule has 6 nitrogen and oxygen atoms in total. The van der Waals surface area contributed by atoms with Crippen molar-refractivity contribution in [1.82, 2.24) is 14.8 Å². The van der Waals surface area contributed by atoms with Crippen molar-refractivity contribution in [2.24, 2.45) is 0 Å². The van der Waals surface area contributed by atoms with Gasteiger partial charge in [0.2, 0.25) is 5.91 Å². The van der Waals surface area contributed by atoms with Crippen LogP contribution >= 0.6 is 11.3 Å². The first-order valence-corrected chi connectivity index (χ1v) is 12.1. The Morgan fingerprint density at radius 3 is 2.84 bits per heavy atom. The van der Waals surface area contributed by atoms with Crippen molar-refractivity contribution in [2.75, 3.05) is 26.2 Å². The summed E-state index contributed by atoms with van der Waals surface area (Å²) >= 11 is 1.40. The summed E-state index contributed by atoms with van der Waals surface area (Å²) in [5.74, 6) is 0.834. The van der Waals surface area contributed by atoms with Gasteiger partial charge in [0, 0.05) is 19.1 Å². The van der Waals surface area contributed by atoms with Crippen LogP contribution in [0.1, 0.15) is 58.0 Å². The second-order valence-corrected chi connectivity index (χ2v) is 9.70. The molecule has 7 heteroatoms. The highest BCUT2D eigenvalue weighted by atomic mass is 32.1. The zero-order chi connectivity index (χ0) is 21.8. The molecule has 2 amide bonds. The van der Waals surface area contributed by atoms with Crippen LogP contribution in [-0.4, -0.2) is 58.9 Å². The lowest BCUT2D eigenvalue weighted by molar-refractivity contribution is -0.135. The van der Waals surface area contributed by atoms with Gasteiger partial charge in [0.05, 0.1) is 17.3 Å². The first-order chi connectivity index (χ1) is 15.0. The van der Waals surface area contributed by atoms with Crippen molar-refractivity contribution in [3.63, 3.8) is 0 Å². The molecule has 0 radical (unpaired) electrons. The quantitative estimate of drug-likeness (QED) is 0.671. The van der Waals surface area contributed by atoms with Gasteiger partial charge >= 0.3 is 0 Å². The molecule has 0 N–H and O–H groups in total. The van der Waals surface area contributed by atoms with Crippen molar-refractivity contribution in [2.45, 2.75) is 58.4 Å². The smallest absolute Gasteiger partial charge is 0.266 e. The largest absolute Gasteiger partial charge is 0.494 e. The Morgan fingerprint density at radius 2 is 2.03 bits per heavy atom. The van der Waals surface area contributed by atoms with Crippen molar-refractivity contribution in [1.29, 1.82) is 0 Å². The zero-order valence-corrected chi connectivity index (χ0v) is 19.2. The van der Waals surface area contributed by atoms with E-state index in [0.29, 0.717) is 24.4 Å². The van der Waals surface area contributed by atoms with E-state index < -0.39 is 0 Å². The monoisotopic (exact) mass is 441 g/mol. The molecule has 4 rings (SSSR count). The molecule has 0 spiro atoms. The third-order valence-electron chi connectivity index (χ3n) is 6.16. The van der Waals surface area contributed by atoms with Crippen LogP contribution in [-0.2, 0) is 11.2 Å². The summed E-state index contributed by atoms with van der Waals surface area (Å²) in [4.78, 5) is 35.4. The van der Waals surface area contributed by atoms with Crippen LogP contribution in [0, 0.1) is 13.8 Å². The van der Waals surface area contributed by atoms with E-state index in [1.165, 1.54) is 16.9 Å². The summed E-state index contributed by atoms with van der Waals surface area (Å²) in [5.41, 5.74) is 1.99. The first kappa shape index (κ1) is 21.8. The molecule has 1 aromatic carbocycles. The minimum atomic E-state index is -0.0981. The number of aryl methyl sites for hydroxylation is 3.